The molecule has 0 aliphatic carbocycles. The number of benzene rings is 2. The van der Waals surface area contributed by atoms with Gasteiger partial charge in [-0.05, 0) is 24.1 Å². The Bertz CT molecular complexity index is 568. The normalized spacial score (nSPS) is 18.0. The van der Waals surface area contributed by atoms with Crippen LogP contribution < -0.4 is 5.32 Å². The maximum atomic E-state index is 12.2. The first-order valence-electron chi connectivity index (χ1n) is 6.99. The highest BCUT2D eigenvalue weighted by molar-refractivity contribution is 5.89. The van der Waals surface area contributed by atoms with Crippen molar-refractivity contribution in [2.24, 2.45) is 0 Å². The van der Waals surface area contributed by atoms with Crippen LogP contribution in [0.4, 0.5) is 10.5 Å². The van der Waals surface area contributed by atoms with E-state index in [0.29, 0.717) is 5.92 Å². The first-order chi connectivity index (χ1) is 9.83. The SMILES string of the molecule is O=C(Nc1ccccc1)N1CC[C@H](c2ccccc2)C1. The van der Waals surface area contributed by atoms with Crippen LogP contribution >= 0.6 is 0 Å². The first kappa shape index (κ1) is 12.7. The molecule has 1 aliphatic rings. The lowest BCUT2D eigenvalue weighted by molar-refractivity contribution is 0.222. The number of likely N-dealkylation sites (tertiary alicyclic amines) is 1. The molecule has 3 heteroatoms. The maximum Gasteiger partial charge on any atom is 0.321 e. The minimum absolute atomic E-state index is 0.00497. The minimum Gasteiger partial charge on any atom is -0.324 e. The summed E-state index contributed by atoms with van der Waals surface area (Å²) in [5, 5.41) is 2.94. The number of urea groups is 1. The Morgan fingerprint density at radius 2 is 1.65 bits per heavy atom. The highest BCUT2D eigenvalue weighted by atomic mass is 16.2. The van der Waals surface area contributed by atoms with E-state index in [1.54, 1.807) is 0 Å². The monoisotopic (exact) mass is 266 g/mol. The number of carbonyl (C=O) groups excluding carboxylic acids is 1. The number of hydrogen-bond donors (Lipinski definition) is 1. The molecule has 0 saturated carbocycles. The average Bonchev–Trinajstić information content (AvgIpc) is 2.99. The van der Waals surface area contributed by atoms with Gasteiger partial charge in [-0.25, -0.2) is 4.79 Å². The quantitative estimate of drug-likeness (QED) is 0.883. The van der Waals surface area contributed by atoms with E-state index in [1.807, 2.05) is 41.3 Å². The highest BCUT2D eigenvalue weighted by Crippen LogP contribution is 2.27. The molecule has 1 saturated heterocycles. The molecule has 1 heterocycles. The second kappa shape index (κ2) is 5.78. The second-order valence-electron chi connectivity index (χ2n) is 5.14. The standard InChI is InChI=1S/C17H18N2O/c20-17(18-16-9-5-2-6-10-16)19-12-11-15(13-19)14-7-3-1-4-8-14/h1-10,15H,11-13H2,(H,18,20)/t15-/m0/s1. The van der Waals surface area contributed by atoms with Gasteiger partial charge < -0.3 is 10.2 Å². The van der Waals surface area contributed by atoms with Gasteiger partial charge in [-0.15, -0.1) is 0 Å². The van der Waals surface area contributed by atoms with Crippen molar-refractivity contribution in [2.75, 3.05) is 18.4 Å². The van der Waals surface area contributed by atoms with Crippen LogP contribution in [-0.4, -0.2) is 24.0 Å². The fourth-order valence-corrected chi connectivity index (χ4v) is 2.67. The predicted molar refractivity (Wildman–Crippen MR) is 80.8 cm³/mol. The summed E-state index contributed by atoms with van der Waals surface area (Å²) in [5.41, 5.74) is 2.17. The fourth-order valence-electron chi connectivity index (χ4n) is 2.67. The zero-order chi connectivity index (χ0) is 13.8. The number of amides is 2. The van der Waals surface area contributed by atoms with Gasteiger partial charge in [0.05, 0.1) is 0 Å². The molecule has 0 bridgehead atoms. The fraction of sp³-hybridized carbons (Fsp3) is 0.235. The van der Waals surface area contributed by atoms with Crippen molar-refractivity contribution in [2.45, 2.75) is 12.3 Å². The van der Waals surface area contributed by atoms with E-state index in [4.69, 9.17) is 0 Å². The van der Waals surface area contributed by atoms with Gasteiger partial charge in [0.1, 0.15) is 0 Å². The van der Waals surface area contributed by atoms with Crippen LogP contribution in [0.15, 0.2) is 60.7 Å². The third kappa shape index (κ3) is 2.82. The Hall–Kier alpha value is -2.29. The summed E-state index contributed by atoms with van der Waals surface area (Å²) < 4.78 is 0. The molecular formula is C17H18N2O. The second-order valence-corrected chi connectivity index (χ2v) is 5.14. The number of nitrogens with zero attached hydrogens (tertiary/aromatic N) is 1. The van der Waals surface area contributed by atoms with Crippen molar-refractivity contribution in [1.29, 1.82) is 0 Å². The summed E-state index contributed by atoms with van der Waals surface area (Å²) in [6.45, 7) is 1.61. The Morgan fingerprint density at radius 3 is 2.35 bits per heavy atom. The van der Waals surface area contributed by atoms with E-state index in [1.165, 1.54) is 5.56 Å². The Labute approximate surface area is 119 Å². The molecular weight excluding hydrogens is 248 g/mol. The molecule has 2 amide bonds. The van der Waals surface area contributed by atoms with E-state index in [2.05, 4.69) is 29.6 Å². The van der Waals surface area contributed by atoms with Crippen LogP contribution in [0.1, 0.15) is 17.9 Å². The van der Waals surface area contributed by atoms with Crippen molar-refractivity contribution in [3.8, 4) is 0 Å². The lowest BCUT2D eigenvalue weighted by atomic mass is 9.99. The third-order valence-electron chi connectivity index (χ3n) is 3.77. The Kier molecular flexibility index (Phi) is 3.68. The maximum absolute atomic E-state index is 12.2. The molecule has 0 spiro atoms. The van der Waals surface area contributed by atoms with Gasteiger partial charge in [-0.3, -0.25) is 0 Å². The van der Waals surface area contributed by atoms with E-state index in [-0.39, 0.29) is 6.03 Å². The molecule has 2 aromatic carbocycles. The summed E-state index contributed by atoms with van der Waals surface area (Å²) in [7, 11) is 0. The van der Waals surface area contributed by atoms with Crippen molar-refractivity contribution < 1.29 is 4.79 Å². The largest absolute Gasteiger partial charge is 0.324 e. The molecule has 1 N–H and O–H groups in total. The molecule has 3 nitrogen and oxygen atoms in total. The van der Waals surface area contributed by atoms with Gasteiger partial charge in [-0.2, -0.15) is 0 Å². The Morgan fingerprint density at radius 1 is 1.00 bits per heavy atom. The number of carbonyl (C=O) groups is 1. The summed E-state index contributed by atoms with van der Waals surface area (Å²) in [6, 6.07) is 20.0. The molecule has 0 radical (unpaired) electrons. The van der Waals surface area contributed by atoms with Gasteiger partial charge in [0.15, 0.2) is 0 Å². The molecule has 20 heavy (non-hydrogen) atoms. The van der Waals surface area contributed by atoms with Gasteiger partial charge in [0, 0.05) is 24.7 Å². The van der Waals surface area contributed by atoms with E-state index >= 15 is 0 Å². The molecule has 0 aromatic heterocycles. The van der Waals surface area contributed by atoms with E-state index in [9.17, 15) is 4.79 Å². The molecule has 2 aromatic rings. The average molecular weight is 266 g/mol. The van der Waals surface area contributed by atoms with Gasteiger partial charge in [0.2, 0.25) is 0 Å². The van der Waals surface area contributed by atoms with E-state index < -0.39 is 0 Å². The molecule has 102 valence electrons. The molecule has 1 atom stereocenters. The van der Waals surface area contributed by atoms with Gasteiger partial charge >= 0.3 is 6.03 Å². The van der Waals surface area contributed by atoms with Crippen molar-refractivity contribution >= 4 is 11.7 Å². The first-order valence-corrected chi connectivity index (χ1v) is 6.99. The number of rotatable bonds is 2. The van der Waals surface area contributed by atoms with Crippen molar-refractivity contribution in [1.82, 2.24) is 4.90 Å². The number of nitrogens with one attached hydrogen (secondary N) is 1. The van der Waals surface area contributed by atoms with Crippen LogP contribution in [0.2, 0.25) is 0 Å². The zero-order valence-corrected chi connectivity index (χ0v) is 11.3. The Balaban J connectivity index is 1.61. The van der Waals surface area contributed by atoms with Gasteiger partial charge in [0.25, 0.3) is 0 Å². The molecule has 3 rings (SSSR count). The lowest BCUT2D eigenvalue weighted by Crippen LogP contribution is -2.32. The van der Waals surface area contributed by atoms with Crippen LogP contribution in [0.25, 0.3) is 0 Å². The topological polar surface area (TPSA) is 32.3 Å². The molecule has 0 unspecified atom stereocenters. The van der Waals surface area contributed by atoms with Crippen LogP contribution in [0.3, 0.4) is 0 Å². The predicted octanol–water partition coefficient (Wildman–Crippen LogP) is 3.71. The molecule has 1 fully saturated rings. The smallest absolute Gasteiger partial charge is 0.321 e. The van der Waals surface area contributed by atoms with Crippen molar-refractivity contribution in [3.05, 3.63) is 66.2 Å². The summed E-state index contributed by atoms with van der Waals surface area (Å²) in [4.78, 5) is 14.1. The highest BCUT2D eigenvalue weighted by Gasteiger charge is 2.27. The third-order valence-corrected chi connectivity index (χ3v) is 3.77. The number of anilines is 1. The number of para-hydroxylation sites is 1. The van der Waals surface area contributed by atoms with Crippen molar-refractivity contribution in [3.63, 3.8) is 0 Å². The molecule has 1 aliphatic heterocycles. The number of hydrogen-bond acceptors (Lipinski definition) is 1. The van der Waals surface area contributed by atoms with Crippen LogP contribution in [0, 0.1) is 0 Å². The van der Waals surface area contributed by atoms with E-state index in [0.717, 1.165) is 25.2 Å². The lowest BCUT2D eigenvalue weighted by Gasteiger charge is -2.17. The minimum atomic E-state index is -0.00497. The zero-order valence-electron chi connectivity index (χ0n) is 11.3. The van der Waals surface area contributed by atoms with Crippen LogP contribution in [0.5, 0.6) is 0 Å². The summed E-state index contributed by atoms with van der Waals surface area (Å²) >= 11 is 0. The van der Waals surface area contributed by atoms with Crippen LogP contribution in [-0.2, 0) is 0 Å². The summed E-state index contributed by atoms with van der Waals surface area (Å²) in [6.07, 6.45) is 1.03. The summed E-state index contributed by atoms with van der Waals surface area (Å²) in [5.74, 6) is 0.456. The van der Waals surface area contributed by atoms with Gasteiger partial charge in [-0.1, -0.05) is 48.5 Å².